The number of aliphatic hydroxyl groups excluding tert-OH is 2. The summed E-state index contributed by atoms with van der Waals surface area (Å²) in [7, 11) is 0. The lowest BCUT2D eigenvalue weighted by Gasteiger charge is -2.40. The van der Waals surface area contributed by atoms with Gasteiger partial charge in [0.15, 0.2) is 11.4 Å². The van der Waals surface area contributed by atoms with Crippen molar-refractivity contribution in [3.8, 4) is 0 Å². The first-order valence-corrected chi connectivity index (χ1v) is 11.2. The molecule has 5 N–H and O–H groups in total. The molecule has 2 saturated heterocycles. The number of hydrogen-bond acceptors (Lipinski definition) is 8. The van der Waals surface area contributed by atoms with Crippen molar-refractivity contribution in [2.24, 2.45) is 0 Å². The second kappa shape index (κ2) is 10.1. The molecule has 0 aliphatic carbocycles. The second-order valence-electron chi connectivity index (χ2n) is 7.96. The predicted octanol–water partition coefficient (Wildman–Crippen LogP) is 1.00. The van der Waals surface area contributed by atoms with Crippen molar-refractivity contribution in [2.45, 2.75) is 30.4 Å². The van der Waals surface area contributed by atoms with E-state index < -0.39 is 36.3 Å². The zero-order valence-electron chi connectivity index (χ0n) is 17.7. The Kier molecular flexibility index (Phi) is 7.31. The number of halogens is 1. The minimum Gasteiger partial charge on any atom is -0.388 e. The van der Waals surface area contributed by atoms with Crippen molar-refractivity contribution in [2.75, 3.05) is 18.1 Å². The van der Waals surface area contributed by atoms with E-state index in [1.54, 1.807) is 59.5 Å². The number of carbonyl (C=O) groups excluding carboxylic acids is 1. The van der Waals surface area contributed by atoms with Crippen LogP contribution in [0.3, 0.4) is 0 Å². The average Bonchev–Trinajstić information content (AvgIpc) is 2.82. The van der Waals surface area contributed by atoms with Crippen LogP contribution in [0.5, 0.6) is 0 Å². The Morgan fingerprint density at radius 3 is 2.53 bits per heavy atom. The number of benzene rings is 2. The van der Waals surface area contributed by atoms with Crippen molar-refractivity contribution in [3.05, 3.63) is 76.8 Å². The van der Waals surface area contributed by atoms with Crippen LogP contribution < -0.4 is 10.2 Å². The second-order valence-corrected chi connectivity index (χ2v) is 8.79. The number of amides is 1. The molecule has 1 amide bonds. The van der Waals surface area contributed by atoms with E-state index in [9.17, 15) is 25.2 Å². The Hall–Kier alpha value is -2.41. The summed E-state index contributed by atoms with van der Waals surface area (Å²) in [5.41, 5.74) is 1.19. The molecule has 1 unspecified atom stereocenters. The standard InChI is InChI=1S/C23H23ClN2O7S/c24-15-6-8-16(9-7-15)26-11-14(20(29)25-22(26)34)10-23(30,31)19(28)18-17(27)12-32-21(33-18)13-4-2-1-3-5-13/h1-10,17-19,21,27-28,30-31H,11-12H2,(H,25,29,34)/b14-10+/t17-,18-,19-,21?/m1/s1. The van der Waals surface area contributed by atoms with Crippen molar-refractivity contribution >= 4 is 40.5 Å². The first-order chi connectivity index (χ1) is 16.2. The van der Waals surface area contributed by atoms with Gasteiger partial charge in [0, 0.05) is 21.8 Å². The van der Waals surface area contributed by atoms with Gasteiger partial charge in [-0.05, 0) is 42.6 Å². The summed E-state index contributed by atoms with van der Waals surface area (Å²) < 4.78 is 11.1. The van der Waals surface area contributed by atoms with Crippen LogP contribution in [0.15, 0.2) is 66.2 Å². The van der Waals surface area contributed by atoms with Gasteiger partial charge in [0.25, 0.3) is 5.91 Å². The SMILES string of the molecule is O=C1NC(=S)N(c2ccc(Cl)cc2)C/C1=C\C(O)(O)[C@H](O)[C@@H]1OC(c2ccccc2)OC[C@H]1O. The van der Waals surface area contributed by atoms with E-state index in [0.717, 1.165) is 6.08 Å². The van der Waals surface area contributed by atoms with Crippen LogP contribution in [-0.2, 0) is 14.3 Å². The highest BCUT2D eigenvalue weighted by atomic mass is 35.5. The first-order valence-electron chi connectivity index (χ1n) is 10.4. The van der Waals surface area contributed by atoms with E-state index in [0.29, 0.717) is 16.3 Å². The number of anilines is 1. The van der Waals surface area contributed by atoms with Gasteiger partial charge in [-0.1, -0.05) is 41.9 Å². The third-order valence-corrected chi connectivity index (χ3v) is 6.08. The zero-order chi connectivity index (χ0) is 24.5. The molecular weight excluding hydrogens is 484 g/mol. The van der Waals surface area contributed by atoms with E-state index in [1.807, 2.05) is 0 Å². The highest BCUT2D eigenvalue weighted by Gasteiger charge is 2.46. The Labute approximate surface area is 205 Å². The fraction of sp³-hybridized carbons (Fsp3) is 0.304. The summed E-state index contributed by atoms with van der Waals surface area (Å²) in [5, 5.41) is 45.6. The fourth-order valence-electron chi connectivity index (χ4n) is 3.71. The van der Waals surface area contributed by atoms with E-state index in [2.05, 4.69) is 5.32 Å². The quantitative estimate of drug-likeness (QED) is 0.229. The largest absolute Gasteiger partial charge is 0.388 e. The number of nitrogens with one attached hydrogen (secondary N) is 1. The minimum absolute atomic E-state index is 0.0613. The van der Waals surface area contributed by atoms with Crippen LogP contribution >= 0.6 is 23.8 Å². The van der Waals surface area contributed by atoms with E-state index >= 15 is 0 Å². The number of ether oxygens (including phenoxy) is 2. The smallest absolute Gasteiger partial charge is 0.255 e. The number of carbonyl (C=O) groups is 1. The third-order valence-electron chi connectivity index (χ3n) is 5.51. The Bertz CT molecular complexity index is 1080. The molecule has 2 aromatic carbocycles. The summed E-state index contributed by atoms with van der Waals surface area (Å²) in [4.78, 5) is 14.1. The number of rotatable bonds is 5. The Morgan fingerprint density at radius 2 is 1.85 bits per heavy atom. The fourth-order valence-corrected chi connectivity index (χ4v) is 4.10. The van der Waals surface area contributed by atoms with Crippen LogP contribution in [0.4, 0.5) is 5.69 Å². The molecule has 2 aliphatic rings. The van der Waals surface area contributed by atoms with E-state index in [-0.39, 0.29) is 23.8 Å². The monoisotopic (exact) mass is 506 g/mol. The van der Waals surface area contributed by atoms with Gasteiger partial charge < -0.3 is 34.8 Å². The molecule has 11 heteroatoms. The maximum Gasteiger partial charge on any atom is 0.255 e. The lowest BCUT2D eigenvalue weighted by atomic mass is 9.96. The van der Waals surface area contributed by atoms with Crippen LogP contribution in [0.1, 0.15) is 11.9 Å². The highest BCUT2D eigenvalue weighted by Crippen LogP contribution is 2.31. The Balaban J connectivity index is 1.54. The topological polar surface area (TPSA) is 132 Å². The molecule has 0 saturated carbocycles. The number of hydrogen-bond donors (Lipinski definition) is 5. The zero-order valence-corrected chi connectivity index (χ0v) is 19.3. The van der Waals surface area contributed by atoms with Crippen LogP contribution in [0.25, 0.3) is 0 Å². The predicted molar refractivity (Wildman–Crippen MR) is 127 cm³/mol. The molecule has 9 nitrogen and oxygen atoms in total. The lowest BCUT2D eigenvalue weighted by Crippen LogP contribution is -2.57. The van der Waals surface area contributed by atoms with Crippen LogP contribution in [0.2, 0.25) is 5.02 Å². The first kappa shape index (κ1) is 24.7. The maximum absolute atomic E-state index is 12.5. The van der Waals surface area contributed by atoms with Crippen LogP contribution in [-0.4, -0.2) is 68.7 Å². The third kappa shape index (κ3) is 5.29. The van der Waals surface area contributed by atoms with Gasteiger partial charge in [-0.15, -0.1) is 0 Å². The molecule has 0 radical (unpaired) electrons. The molecule has 2 fully saturated rings. The van der Waals surface area contributed by atoms with Gasteiger partial charge in [-0.2, -0.15) is 0 Å². The van der Waals surface area contributed by atoms with Gasteiger partial charge >= 0.3 is 0 Å². The lowest BCUT2D eigenvalue weighted by molar-refractivity contribution is -0.309. The molecule has 0 aromatic heterocycles. The van der Waals surface area contributed by atoms with Gasteiger partial charge in [0.05, 0.1) is 13.2 Å². The molecule has 2 heterocycles. The highest BCUT2D eigenvalue weighted by molar-refractivity contribution is 7.80. The summed E-state index contributed by atoms with van der Waals surface area (Å²) in [5.74, 6) is -3.56. The molecule has 2 aromatic rings. The van der Waals surface area contributed by atoms with Gasteiger partial charge in [0.2, 0.25) is 5.79 Å². The van der Waals surface area contributed by atoms with Gasteiger partial charge in [-0.3, -0.25) is 10.1 Å². The Morgan fingerprint density at radius 1 is 1.18 bits per heavy atom. The molecule has 180 valence electrons. The molecule has 2 aliphatic heterocycles. The summed E-state index contributed by atoms with van der Waals surface area (Å²) in [6, 6.07) is 15.5. The van der Waals surface area contributed by atoms with Crippen LogP contribution in [0, 0.1) is 0 Å². The molecule has 0 spiro atoms. The summed E-state index contributed by atoms with van der Waals surface area (Å²) >= 11 is 11.2. The minimum atomic E-state index is -2.92. The normalized spacial score (nSPS) is 25.9. The van der Waals surface area contributed by atoms with Crippen molar-refractivity contribution < 1.29 is 34.7 Å². The van der Waals surface area contributed by atoms with E-state index in [1.165, 1.54) is 0 Å². The molecule has 34 heavy (non-hydrogen) atoms. The summed E-state index contributed by atoms with van der Waals surface area (Å²) in [6.45, 7) is -0.293. The molecular formula is C23H23ClN2O7S. The van der Waals surface area contributed by atoms with Crippen molar-refractivity contribution in [3.63, 3.8) is 0 Å². The van der Waals surface area contributed by atoms with E-state index in [4.69, 9.17) is 33.3 Å². The van der Waals surface area contributed by atoms with Gasteiger partial charge in [0.1, 0.15) is 18.3 Å². The number of thiocarbonyl (C=S) groups is 1. The van der Waals surface area contributed by atoms with Crippen molar-refractivity contribution in [1.29, 1.82) is 0 Å². The molecule has 4 atom stereocenters. The summed E-state index contributed by atoms with van der Waals surface area (Å²) in [6.07, 6.45) is -4.86. The molecule has 4 rings (SSSR count). The average molecular weight is 507 g/mol. The van der Waals surface area contributed by atoms with Gasteiger partial charge in [-0.25, -0.2) is 0 Å². The van der Waals surface area contributed by atoms with Crippen molar-refractivity contribution in [1.82, 2.24) is 5.32 Å². The number of aliphatic hydroxyl groups is 4. The number of nitrogens with zero attached hydrogens (tertiary/aromatic N) is 1. The molecule has 0 bridgehead atoms. The maximum atomic E-state index is 12.5.